The van der Waals surface area contributed by atoms with E-state index in [9.17, 15) is 9.59 Å². The van der Waals surface area contributed by atoms with Gasteiger partial charge in [0.2, 0.25) is 11.8 Å². The van der Waals surface area contributed by atoms with Crippen LogP contribution in [0.5, 0.6) is 0 Å². The van der Waals surface area contributed by atoms with E-state index in [0.29, 0.717) is 38.2 Å². The van der Waals surface area contributed by atoms with E-state index in [4.69, 9.17) is 5.73 Å². The Bertz CT molecular complexity index is 238. The molecule has 6 nitrogen and oxygen atoms in total. The van der Waals surface area contributed by atoms with Crippen molar-refractivity contribution in [3.8, 4) is 0 Å². The standard InChI is InChI=1S/C10H22N4O2S/c1-14(6-3-10(16)13-8-11)5-2-9(15)12-4-7-17/h17H,2-8,11H2,1H3,(H,12,15)(H,13,16). The molecule has 0 rings (SSSR count). The summed E-state index contributed by atoms with van der Waals surface area (Å²) in [6.45, 7) is 2.00. The maximum atomic E-state index is 11.3. The Kier molecular flexibility index (Phi) is 9.89. The number of rotatable bonds is 9. The van der Waals surface area contributed by atoms with E-state index >= 15 is 0 Å². The molecule has 2 amide bonds. The van der Waals surface area contributed by atoms with Gasteiger partial charge in [-0.25, -0.2) is 0 Å². The fraction of sp³-hybridized carbons (Fsp3) is 0.800. The lowest BCUT2D eigenvalue weighted by Crippen LogP contribution is -2.34. The second kappa shape index (κ2) is 10.4. The highest BCUT2D eigenvalue weighted by molar-refractivity contribution is 7.80. The maximum Gasteiger partial charge on any atom is 0.222 e. The van der Waals surface area contributed by atoms with Crippen LogP contribution in [0.1, 0.15) is 12.8 Å². The molecule has 0 atom stereocenters. The van der Waals surface area contributed by atoms with Crippen LogP contribution < -0.4 is 16.4 Å². The van der Waals surface area contributed by atoms with E-state index in [1.54, 1.807) is 0 Å². The van der Waals surface area contributed by atoms with Crippen LogP contribution in [-0.4, -0.2) is 55.8 Å². The van der Waals surface area contributed by atoms with Crippen molar-refractivity contribution in [2.75, 3.05) is 39.1 Å². The molecule has 0 bridgehead atoms. The molecule has 17 heavy (non-hydrogen) atoms. The number of nitrogens with two attached hydrogens (primary N) is 1. The van der Waals surface area contributed by atoms with Crippen LogP contribution >= 0.6 is 12.6 Å². The molecule has 0 fully saturated rings. The SMILES string of the molecule is CN(CCC(=O)NCN)CCC(=O)NCCS. The van der Waals surface area contributed by atoms with Crippen molar-refractivity contribution in [1.82, 2.24) is 15.5 Å². The zero-order valence-electron chi connectivity index (χ0n) is 10.2. The van der Waals surface area contributed by atoms with Crippen molar-refractivity contribution in [2.45, 2.75) is 12.8 Å². The van der Waals surface area contributed by atoms with Gasteiger partial charge in [-0.05, 0) is 7.05 Å². The lowest BCUT2D eigenvalue weighted by atomic mass is 10.3. The number of nitrogens with one attached hydrogen (secondary N) is 2. The third kappa shape index (κ3) is 10.1. The summed E-state index contributed by atoms with van der Waals surface area (Å²) in [7, 11) is 1.88. The topological polar surface area (TPSA) is 87.5 Å². The molecule has 0 spiro atoms. The van der Waals surface area contributed by atoms with Crippen molar-refractivity contribution in [3.63, 3.8) is 0 Å². The number of hydrogen-bond donors (Lipinski definition) is 4. The van der Waals surface area contributed by atoms with Gasteiger partial charge in [0.05, 0.1) is 6.67 Å². The number of carbonyl (C=O) groups excluding carboxylic acids is 2. The Morgan fingerprint density at radius 1 is 1.18 bits per heavy atom. The molecule has 0 aromatic heterocycles. The normalized spacial score (nSPS) is 10.4. The first-order chi connectivity index (χ1) is 8.10. The number of carbonyl (C=O) groups is 2. The lowest BCUT2D eigenvalue weighted by molar-refractivity contribution is -0.121. The molecule has 0 aromatic rings. The van der Waals surface area contributed by atoms with E-state index < -0.39 is 0 Å². The molecule has 0 aliphatic heterocycles. The Hall–Kier alpha value is -0.790. The van der Waals surface area contributed by atoms with Crippen molar-refractivity contribution >= 4 is 24.4 Å². The molecular weight excluding hydrogens is 240 g/mol. The molecule has 4 N–H and O–H groups in total. The van der Waals surface area contributed by atoms with Gasteiger partial charge in [0.25, 0.3) is 0 Å². The zero-order chi connectivity index (χ0) is 13.1. The fourth-order valence-electron chi connectivity index (χ4n) is 1.18. The molecule has 0 heterocycles. The third-order valence-electron chi connectivity index (χ3n) is 2.17. The summed E-state index contributed by atoms with van der Waals surface area (Å²) >= 11 is 4.00. The van der Waals surface area contributed by atoms with Gasteiger partial charge in [0.1, 0.15) is 0 Å². The summed E-state index contributed by atoms with van der Waals surface area (Å²) in [5.41, 5.74) is 5.18. The van der Waals surface area contributed by atoms with Crippen molar-refractivity contribution in [2.24, 2.45) is 5.73 Å². The summed E-state index contributed by atoms with van der Waals surface area (Å²) in [5, 5.41) is 5.25. The maximum absolute atomic E-state index is 11.3. The second-order valence-electron chi connectivity index (χ2n) is 3.68. The minimum atomic E-state index is -0.0705. The molecule has 0 unspecified atom stereocenters. The number of thiol groups is 1. The summed E-state index contributed by atoms with van der Waals surface area (Å²) in [6, 6.07) is 0. The van der Waals surface area contributed by atoms with Crippen LogP contribution in [0.25, 0.3) is 0 Å². The van der Waals surface area contributed by atoms with Gasteiger partial charge >= 0.3 is 0 Å². The van der Waals surface area contributed by atoms with Crippen LogP contribution in [0.15, 0.2) is 0 Å². The van der Waals surface area contributed by atoms with Crippen LogP contribution in [0.3, 0.4) is 0 Å². The van der Waals surface area contributed by atoms with Crippen molar-refractivity contribution < 1.29 is 9.59 Å². The molecule has 100 valence electrons. The van der Waals surface area contributed by atoms with Crippen molar-refractivity contribution in [3.05, 3.63) is 0 Å². The fourth-order valence-corrected chi connectivity index (χ4v) is 1.29. The largest absolute Gasteiger partial charge is 0.355 e. The predicted molar refractivity (Wildman–Crippen MR) is 70.8 cm³/mol. The van der Waals surface area contributed by atoms with E-state index in [1.165, 1.54) is 0 Å². The monoisotopic (exact) mass is 262 g/mol. The van der Waals surface area contributed by atoms with E-state index in [2.05, 4.69) is 23.3 Å². The van der Waals surface area contributed by atoms with Crippen molar-refractivity contribution in [1.29, 1.82) is 0 Å². The van der Waals surface area contributed by atoms with Gasteiger partial charge in [0, 0.05) is 38.2 Å². The molecule has 7 heteroatoms. The molecule has 0 radical (unpaired) electrons. The Morgan fingerprint density at radius 2 is 1.71 bits per heavy atom. The van der Waals surface area contributed by atoms with E-state index in [1.807, 2.05) is 11.9 Å². The average molecular weight is 262 g/mol. The molecule has 0 saturated carbocycles. The predicted octanol–water partition coefficient (Wildman–Crippen LogP) is -1.22. The van der Waals surface area contributed by atoms with Crippen LogP contribution in [0.4, 0.5) is 0 Å². The highest BCUT2D eigenvalue weighted by atomic mass is 32.1. The Balaban J connectivity index is 3.55. The first-order valence-electron chi connectivity index (χ1n) is 5.63. The van der Waals surface area contributed by atoms with Crippen LogP contribution in [0.2, 0.25) is 0 Å². The minimum Gasteiger partial charge on any atom is -0.355 e. The molecule has 0 aliphatic carbocycles. The van der Waals surface area contributed by atoms with Gasteiger partial charge < -0.3 is 21.3 Å². The second-order valence-corrected chi connectivity index (χ2v) is 4.13. The molecule has 0 saturated heterocycles. The summed E-state index contributed by atoms with van der Waals surface area (Å²) < 4.78 is 0. The Labute approximate surface area is 108 Å². The number of nitrogens with zero attached hydrogens (tertiary/aromatic N) is 1. The van der Waals surface area contributed by atoms with Gasteiger partial charge in [-0.1, -0.05) is 0 Å². The third-order valence-corrected chi connectivity index (χ3v) is 2.40. The first-order valence-corrected chi connectivity index (χ1v) is 6.26. The van der Waals surface area contributed by atoms with Gasteiger partial charge in [-0.2, -0.15) is 12.6 Å². The smallest absolute Gasteiger partial charge is 0.222 e. The molecular formula is C10H22N4O2S. The number of hydrogen-bond acceptors (Lipinski definition) is 5. The quantitative estimate of drug-likeness (QED) is 0.310. The summed E-state index contributed by atoms with van der Waals surface area (Å²) in [4.78, 5) is 24.3. The lowest BCUT2D eigenvalue weighted by Gasteiger charge is -2.15. The zero-order valence-corrected chi connectivity index (χ0v) is 11.1. The van der Waals surface area contributed by atoms with Gasteiger partial charge in [0.15, 0.2) is 0 Å². The highest BCUT2D eigenvalue weighted by Crippen LogP contribution is 1.91. The van der Waals surface area contributed by atoms with E-state index in [-0.39, 0.29) is 18.5 Å². The minimum absolute atomic E-state index is 0.0114. The van der Waals surface area contributed by atoms with Gasteiger partial charge in [-0.3, -0.25) is 9.59 Å². The summed E-state index contributed by atoms with van der Waals surface area (Å²) in [6.07, 6.45) is 0.828. The first kappa shape index (κ1) is 16.2. The van der Waals surface area contributed by atoms with Crippen LogP contribution in [-0.2, 0) is 9.59 Å². The number of amides is 2. The van der Waals surface area contributed by atoms with Crippen LogP contribution in [0, 0.1) is 0 Å². The molecule has 0 aliphatic rings. The summed E-state index contributed by atoms with van der Waals surface area (Å²) in [5.74, 6) is 0.581. The molecule has 0 aromatic carbocycles. The highest BCUT2D eigenvalue weighted by Gasteiger charge is 2.06. The Morgan fingerprint density at radius 3 is 2.18 bits per heavy atom. The van der Waals surface area contributed by atoms with E-state index in [0.717, 1.165) is 0 Å². The van der Waals surface area contributed by atoms with Gasteiger partial charge in [-0.15, -0.1) is 0 Å². The average Bonchev–Trinajstić information content (AvgIpc) is 2.31.